The highest BCUT2D eigenvalue weighted by molar-refractivity contribution is 7.09. The molecule has 2 aromatic heterocycles. The average Bonchev–Trinajstić information content (AvgIpc) is 3.38. The Balaban J connectivity index is 1.90. The number of fused-ring (bicyclic) bond motifs is 1. The third-order valence-corrected chi connectivity index (χ3v) is 6.01. The zero-order valence-corrected chi connectivity index (χ0v) is 17.1. The molecule has 0 saturated heterocycles. The molecule has 2 heterocycles. The van der Waals surface area contributed by atoms with Gasteiger partial charge in [0.15, 0.2) is 5.78 Å². The molecule has 0 atom stereocenters. The van der Waals surface area contributed by atoms with Crippen molar-refractivity contribution >= 4 is 51.4 Å². The van der Waals surface area contributed by atoms with Gasteiger partial charge in [0.1, 0.15) is 11.0 Å². The van der Waals surface area contributed by atoms with Crippen molar-refractivity contribution < 1.29 is 14.7 Å². The van der Waals surface area contributed by atoms with Crippen LogP contribution in [-0.2, 0) is 11.2 Å². The molecule has 5 nitrogen and oxygen atoms in total. The van der Waals surface area contributed by atoms with Crippen LogP contribution in [0.5, 0.6) is 0 Å². The summed E-state index contributed by atoms with van der Waals surface area (Å²) < 4.78 is 8.36. The van der Waals surface area contributed by atoms with Gasteiger partial charge in [0.05, 0.1) is 17.3 Å². The van der Waals surface area contributed by atoms with Gasteiger partial charge in [-0.1, -0.05) is 42.0 Å². The number of hydrogen-bond acceptors (Lipinski definition) is 6. The van der Waals surface area contributed by atoms with E-state index in [-0.39, 0.29) is 23.4 Å². The fraction of sp³-hybridized carbons (Fsp3) is 0.0909. The quantitative estimate of drug-likeness (QED) is 0.350. The van der Waals surface area contributed by atoms with Gasteiger partial charge in [-0.15, -0.1) is 11.3 Å². The van der Waals surface area contributed by atoms with E-state index in [1.807, 2.05) is 36.6 Å². The standard InChI is InChI=1S/C22H16N2O3S2/c1-13-4-6-14(7-5-13)21(25)17(12-16-3-2-10-28-16)20(22(26)27)15-8-9-18-19(11-15)24-29-23-18/h2-11H,12H2,1H3,(H,26,27). The Morgan fingerprint density at radius 1 is 0.966 bits per heavy atom. The van der Waals surface area contributed by atoms with E-state index >= 15 is 0 Å². The summed E-state index contributed by atoms with van der Waals surface area (Å²) in [5.74, 6) is -1.42. The van der Waals surface area contributed by atoms with Gasteiger partial charge in [-0.05, 0) is 36.1 Å². The van der Waals surface area contributed by atoms with Crippen molar-refractivity contribution in [1.82, 2.24) is 8.75 Å². The van der Waals surface area contributed by atoms with Crippen molar-refractivity contribution in [3.63, 3.8) is 0 Å². The molecule has 0 aliphatic heterocycles. The summed E-state index contributed by atoms with van der Waals surface area (Å²) in [5, 5.41) is 12.0. The van der Waals surface area contributed by atoms with Crippen molar-refractivity contribution in [3.8, 4) is 0 Å². The van der Waals surface area contributed by atoms with E-state index in [9.17, 15) is 14.7 Å². The van der Waals surface area contributed by atoms with Crippen molar-refractivity contribution in [2.24, 2.45) is 0 Å². The van der Waals surface area contributed by atoms with E-state index in [1.165, 1.54) is 11.3 Å². The van der Waals surface area contributed by atoms with E-state index in [0.717, 1.165) is 22.2 Å². The van der Waals surface area contributed by atoms with E-state index in [1.54, 1.807) is 30.3 Å². The second-order valence-electron chi connectivity index (χ2n) is 6.58. The first kappa shape index (κ1) is 19.2. The molecule has 0 spiro atoms. The molecule has 0 unspecified atom stereocenters. The summed E-state index contributed by atoms with van der Waals surface area (Å²) in [6.45, 7) is 1.94. The van der Waals surface area contributed by atoms with Crippen molar-refractivity contribution in [2.75, 3.05) is 0 Å². The Bertz CT molecular complexity index is 1220. The van der Waals surface area contributed by atoms with Gasteiger partial charge in [-0.3, -0.25) is 4.79 Å². The van der Waals surface area contributed by atoms with E-state index in [0.29, 0.717) is 22.2 Å². The van der Waals surface area contributed by atoms with Gasteiger partial charge >= 0.3 is 5.97 Å². The van der Waals surface area contributed by atoms with Crippen LogP contribution in [0, 0.1) is 6.92 Å². The lowest BCUT2D eigenvalue weighted by atomic mass is 9.91. The maximum Gasteiger partial charge on any atom is 0.336 e. The molecule has 4 rings (SSSR count). The highest BCUT2D eigenvalue weighted by Crippen LogP contribution is 2.28. The minimum absolute atomic E-state index is 0.00104. The average molecular weight is 421 g/mol. The number of nitrogens with zero attached hydrogens (tertiary/aromatic N) is 2. The number of allylic oxidation sites excluding steroid dienone is 1. The molecule has 2 aromatic carbocycles. The van der Waals surface area contributed by atoms with Crippen LogP contribution in [0.4, 0.5) is 0 Å². The number of hydrogen-bond donors (Lipinski definition) is 1. The summed E-state index contributed by atoms with van der Waals surface area (Å²) in [6.07, 6.45) is 0.249. The van der Waals surface area contributed by atoms with E-state index in [2.05, 4.69) is 8.75 Å². The highest BCUT2D eigenvalue weighted by Gasteiger charge is 2.24. The lowest BCUT2D eigenvalue weighted by molar-refractivity contribution is -0.130. The first-order valence-electron chi connectivity index (χ1n) is 8.86. The molecule has 0 saturated carbocycles. The van der Waals surface area contributed by atoms with E-state index < -0.39 is 5.97 Å². The minimum Gasteiger partial charge on any atom is -0.478 e. The summed E-state index contributed by atoms with van der Waals surface area (Å²) in [6, 6.07) is 16.1. The molecule has 0 aliphatic rings. The van der Waals surface area contributed by atoms with Gasteiger partial charge < -0.3 is 5.11 Å². The normalized spacial score (nSPS) is 12.0. The molecule has 1 N–H and O–H groups in total. The lowest BCUT2D eigenvalue weighted by Gasteiger charge is -2.12. The Kier molecular flexibility index (Phi) is 5.33. The number of aliphatic carboxylic acids is 1. The SMILES string of the molecule is Cc1ccc(C(=O)C(Cc2cccs2)=C(C(=O)O)c2ccc3nsnc3c2)cc1. The Hall–Kier alpha value is -3.16. The molecule has 0 aliphatic carbocycles. The van der Waals surface area contributed by atoms with Crippen LogP contribution < -0.4 is 0 Å². The number of benzene rings is 2. The maximum atomic E-state index is 13.4. The molecule has 29 heavy (non-hydrogen) atoms. The first-order valence-corrected chi connectivity index (χ1v) is 10.5. The molecule has 4 aromatic rings. The maximum absolute atomic E-state index is 13.4. The molecule has 144 valence electrons. The van der Waals surface area contributed by atoms with Crippen LogP contribution in [0.15, 0.2) is 65.6 Å². The number of aromatic nitrogens is 2. The molecular weight excluding hydrogens is 404 g/mol. The van der Waals surface area contributed by atoms with Crippen LogP contribution in [0.3, 0.4) is 0 Å². The van der Waals surface area contributed by atoms with E-state index in [4.69, 9.17) is 0 Å². The number of Topliss-reactive ketones (excluding diaryl/α,β-unsaturated/α-hetero) is 1. The van der Waals surface area contributed by atoms with Crippen LogP contribution >= 0.6 is 23.1 Å². The van der Waals surface area contributed by atoms with Gasteiger partial charge in [0.2, 0.25) is 0 Å². The third kappa shape index (κ3) is 4.01. The Morgan fingerprint density at radius 3 is 2.38 bits per heavy atom. The summed E-state index contributed by atoms with van der Waals surface area (Å²) in [4.78, 5) is 26.6. The van der Waals surface area contributed by atoms with Gasteiger partial charge in [-0.2, -0.15) is 8.75 Å². The van der Waals surface area contributed by atoms with Gasteiger partial charge in [0, 0.05) is 22.4 Å². The first-order chi connectivity index (χ1) is 14.0. The van der Waals surface area contributed by atoms with Crippen molar-refractivity contribution in [2.45, 2.75) is 13.3 Å². The Morgan fingerprint density at radius 2 is 1.69 bits per heavy atom. The number of carbonyl (C=O) groups excluding carboxylic acids is 1. The number of carboxylic acid groups (broad SMARTS) is 1. The zero-order valence-electron chi connectivity index (χ0n) is 15.5. The van der Waals surface area contributed by atoms with Crippen LogP contribution in [0.1, 0.15) is 26.4 Å². The summed E-state index contributed by atoms with van der Waals surface area (Å²) in [7, 11) is 0. The summed E-state index contributed by atoms with van der Waals surface area (Å²) >= 11 is 2.56. The molecule has 0 amide bonds. The molecule has 0 fully saturated rings. The second-order valence-corrected chi connectivity index (χ2v) is 8.14. The fourth-order valence-electron chi connectivity index (χ4n) is 3.11. The number of rotatable bonds is 6. The van der Waals surface area contributed by atoms with Crippen LogP contribution in [0.25, 0.3) is 16.6 Å². The van der Waals surface area contributed by atoms with Gasteiger partial charge in [0.25, 0.3) is 0 Å². The number of ketones is 1. The van der Waals surface area contributed by atoms with Crippen molar-refractivity contribution in [3.05, 3.63) is 87.1 Å². The topological polar surface area (TPSA) is 80.2 Å². The summed E-state index contributed by atoms with van der Waals surface area (Å²) in [5.41, 5.74) is 3.52. The largest absolute Gasteiger partial charge is 0.478 e. The number of carbonyl (C=O) groups is 2. The molecular formula is C22H16N2O3S2. The zero-order chi connectivity index (χ0) is 20.4. The second kappa shape index (κ2) is 8.06. The number of thiophene rings is 1. The third-order valence-electron chi connectivity index (χ3n) is 4.58. The fourth-order valence-corrected chi connectivity index (χ4v) is 4.35. The molecule has 0 radical (unpaired) electrons. The minimum atomic E-state index is -1.14. The monoisotopic (exact) mass is 420 g/mol. The Labute approximate surface area is 175 Å². The van der Waals surface area contributed by atoms with Crippen LogP contribution in [-0.4, -0.2) is 25.6 Å². The number of carboxylic acids is 1. The molecule has 7 heteroatoms. The molecule has 0 bridgehead atoms. The lowest BCUT2D eigenvalue weighted by Crippen LogP contribution is -2.13. The number of aryl methyl sites for hydroxylation is 1. The van der Waals surface area contributed by atoms with Crippen molar-refractivity contribution in [1.29, 1.82) is 0 Å². The smallest absolute Gasteiger partial charge is 0.336 e. The van der Waals surface area contributed by atoms with Crippen LogP contribution in [0.2, 0.25) is 0 Å². The van der Waals surface area contributed by atoms with Gasteiger partial charge in [-0.25, -0.2) is 4.79 Å². The highest BCUT2D eigenvalue weighted by atomic mass is 32.1. The predicted molar refractivity (Wildman–Crippen MR) is 116 cm³/mol. The predicted octanol–water partition coefficient (Wildman–Crippen LogP) is 5.03.